The summed E-state index contributed by atoms with van der Waals surface area (Å²) in [5.74, 6) is 0.273. The fraction of sp³-hybridized carbons (Fsp3) is 0.538. The Bertz CT molecular complexity index is 639. The minimum Gasteiger partial charge on any atom is -0.371 e. The van der Waals surface area contributed by atoms with Crippen LogP contribution in [-0.2, 0) is 14.8 Å². The molecule has 1 fully saturated rings. The zero-order valence-corrected chi connectivity index (χ0v) is 16.4. The van der Waals surface area contributed by atoms with Gasteiger partial charge in [-0.15, -0.1) is 11.6 Å². The van der Waals surface area contributed by atoms with Crippen LogP contribution >= 0.6 is 43.5 Å². The van der Waals surface area contributed by atoms with E-state index in [4.69, 9.17) is 16.3 Å². The summed E-state index contributed by atoms with van der Waals surface area (Å²) >= 11 is 12.6. The minimum atomic E-state index is -3.59. The maximum Gasteiger partial charge on any atom is 0.244 e. The van der Waals surface area contributed by atoms with Gasteiger partial charge in [0, 0.05) is 27.9 Å². The molecule has 2 rings (SSSR count). The monoisotopic (exact) mass is 459 g/mol. The van der Waals surface area contributed by atoms with Gasteiger partial charge < -0.3 is 4.74 Å². The van der Waals surface area contributed by atoms with Gasteiger partial charge in [0.2, 0.25) is 10.0 Å². The lowest BCUT2D eigenvalue weighted by atomic mass is 10.2. The second-order valence-corrected chi connectivity index (χ2v) is 9.00. The van der Waals surface area contributed by atoms with Gasteiger partial charge in [0.1, 0.15) is 0 Å². The molecule has 2 unspecified atom stereocenters. The normalized spacial score (nSPS) is 24.2. The van der Waals surface area contributed by atoms with Crippen LogP contribution < -0.4 is 0 Å². The molecule has 1 heterocycles. The first-order valence-electron chi connectivity index (χ1n) is 6.43. The number of morpholine rings is 1. The van der Waals surface area contributed by atoms with Gasteiger partial charge >= 0.3 is 0 Å². The highest BCUT2D eigenvalue weighted by molar-refractivity contribution is 9.11. The fourth-order valence-corrected chi connectivity index (χ4v) is 5.60. The molecule has 0 N–H and O–H groups in total. The number of rotatable bonds is 3. The van der Waals surface area contributed by atoms with Crippen LogP contribution in [0.25, 0.3) is 0 Å². The van der Waals surface area contributed by atoms with Gasteiger partial charge in [-0.05, 0) is 47.5 Å². The highest BCUT2D eigenvalue weighted by Gasteiger charge is 2.34. The van der Waals surface area contributed by atoms with Crippen molar-refractivity contribution in [2.45, 2.75) is 31.0 Å². The van der Waals surface area contributed by atoms with Crippen LogP contribution in [-0.4, -0.2) is 43.9 Å². The third kappa shape index (κ3) is 3.82. The molecule has 21 heavy (non-hydrogen) atoms. The number of hydrogen-bond acceptors (Lipinski definition) is 3. The van der Waals surface area contributed by atoms with Gasteiger partial charge in [-0.2, -0.15) is 4.31 Å². The summed E-state index contributed by atoms with van der Waals surface area (Å²) in [6, 6.07) is 3.42. The number of ether oxygens (including phenoxy) is 1. The summed E-state index contributed by atoms with van der Waals surface area (Å²) in [7, 11) is -3.59. The summed E-state index contributed by atoms with van der Waals surface area (Å²) in [5, 5.41) is 0. The smallest absolute Gasteiger partial charge is 0.244 e. The topological polar surface area (TPSA) is 46.6 Å². The average Bonchev–Trinajstić information content (AvgIpc) is 2.41. The molecule has 0 amide bonds. The van der Waals surface area contributed by atoms with E-state index >= 15 is 0 Å². The number of halogens is 3. The molecule has 0 radical (unpaired) electrons. The molecule has 1 saturated heterocycles. The molecule has 8 heteroatoms. The van der Waals surface area contributed by atoms with Gasteiger partial charge in [-0.3, -0.25) is 0 Å². The Balaban J connectivity index is 2.40. The molecule has 1 aliphatic heterocycles. The van der Waals surface area contributed by atoms with Crippen LogP contribution in [0.4, 0.5) is 0 Å². The lowest BCUT2D eigenvalue weighted by Crippen LogP contribution is -2.49. The number of aryl methyl sites for hydroxylation is 1. The van der Waals surface area contributed by atoms with Crippen LogP contribution in [0.2, 0.25) is 0 Å². The molecule has 0 bridgehead atoms. The van der Waals surface area contributed by atoms with Crippen molar-refractivity contribution >= 4 is 53.5 Å². The fourth-order valence-electron chi connectivity index (χ4n) is 2.25. The Labute approximate surface area is 147 Å². The van der Waals surface area contributed by atoms with E-state index in [1.54, 1.807) is 12.1 Å². The maximum absolute atomic E-state index is 12.9. The van der Waals surface area contributed by atoms with Crippen molar-refractivity contribution in [3.05, 3.63) is 26.6 Å². The van der Waals surface area contributed by atoms with Gasteiger partial charge in [-0.1, -0.05) is 15.9 Å². The van der Waals surface area contributed by atoms with Gasteiger partial charge in [-0.25, -0.2) is 8.42 Å². The number of nitrogens with zero attached hydrogens (tertiary/aromatic N) is 1. The summed E-state index contributed by atoms with van der Waals surface area (Å²) in [5.41, 5.74) is 0.967. The number of sulfonamides is 1. The lowest BCUT2D eigenvalue weighted by molar-refractivity contribution is -0.0423. The van der Waals surface area contributed by atoms with Crippen molar-refractivity contribution in [1.82, 2.24) is 4.31 Å². The van der Waals surface area contributed by atoms with Crippen LogP contribution in [0.5, 0.6) is 0 Å². The number of alkyl halides is 1. The molecule has 118 valence electrons. The molecule has 0 saturated carbocycles. The third-order valence-electron chi connectivity index (χ3n) is 3.30. The quantitative estimate of drug-likeness (QED) is 0.647. The van der Waals surface area contributed by atoms with E-state index in [0.29, 0.717) is 11.0 Å². The highest BCUT2D eigenvalue weighted by Crippen LogP contribution is 2.32. The van der Waals surface area contributed by atoms with Crippen LogP contribution in [0, 0.1) is 6.92 Å². The highest BCUT2D eigenvalue weighted by atomic mass is 79.9. The molecule has 1 aliphatic rings. The predicted molar refractivity (Wildman–Crippen MR) is 90.4 cm³/mol. The Morgan fingerprint density at radius 2 is 2.00 bits per heavy atom. The number of benzene rings is 1. The summed E-state index contributed by atoms with van der Waals surface area (Å²) in [6.45, 7) is 4.36. The molecule has 0 aromatic heterocycles. The van der Waals surface area contributed by atoms with Gasteiger partial charge in [0.15, 0.2) is 0 Å². The Morgan fingerprint density at radius 3 is 2.62 bits per heavy atom. The van der Waals surface area contributed by atoms with Gasteiger partial charge in [0.05, 0.1) is 17.1 Å². The van der Waals surface area contributed by atoms with E-state index in [1.807, 2.05) is 13.8 Å². The van der Waals surface area contributed by atoms with Crippen LogP contribution in [0.15, 0.2) is 26.0 Å². The zero-order chi connectivity index (χ0) is 15.8. The molecule has 1 aromatic carbocycles. The van der Waals surface area contributed by atoms with Crippen molar-refractivity contribution in [2.75, 3.05) is 19.0 Å². The second-order valence-electron chi connectivity index (χ2n) is 5.08. The Morgan fingerprint density at radius 1 is 1.33 bits per heavy atom. The third-order valence-corrected chi connectivity index (χ3v) is 7.28. The maximum atomic E-state index is 12.9. The van der Waals surface area contributed by atoms with E-state index in [-0.39, 0.29) is 29.5 Å². The molecule has 0 aliphatic carbocycles. The molecular weight excluding hydrogens is 445 g/mol. The Kier molecular flexibility index (Phi) is 5.77. The first kappa shape index (κ1) is 17.7. The first-order valence-corrected chi connectivity index (χ1v) is 9.99. The standard InChI is InChI=1S/C13H16Br2ClNO3S/c1-8-3-12(15)13(4-11(8)14)21(18,19)17-6-9(2)20-10(5-16)7-17/h3-4,9-10H,5-7H2,1-2H3. The SMILES string of the molecule is Cc1cc(Br)c(S(=O)(=O)N2CC(C)OC(CCl)C2)cc1Br. The molecular formula is C13H16Br2ClNO3S. The lowest BCUT2D eigenvalue weighted by Gasteiger charge is -2.35. The van der Waals surface area contributed by atoms with E-state index in [0.717, 1.165) is 10.0 Å². The summed E-state index contributed by atoms with van der Waals surface area (Å²) in [6.07, 6.45) is -0.456. The van der Waals surface area contributed by atoms with Crippen molar-refractivity contribution in [1.29, 1.82) is 0 Å². The van der Waals surface area contributed by atoms with E-state index < -0.39 is 10.0 Å². The second kappa shape index (κ2) is 6.84. The van der Waals surface area contributed by atoms with Crippen molar-refractivity contribution in [3.8, 4) is 0 Å². The largest absolute Gasteiger partial charge is 0.371 e. The Hall–Kier alpha value is 0.340. The molecule has 1 aromatic rings. The summed E-state index contributed by atoms with van der Waals surface area (Å²) < 4.78 is 34.1. The number of hydrogen-bond donors (Lipinski definition) is 0. The van der Waals surface area contributed by atoms with Crippen molar-refractivity contribution in [3.63, 3.8) is 0 Å². The van der Waals surface area contributed by atoms with Gasteiger partial charge in [0.25, 0.3) is 0 Å². The van der Waals surface area contributed by atoms with Crippen molar-refractivity contribution < 1.29 is 13.2 Å². The van der Waals surface area contributed by atoms with Crippen LogP contribution in [0.3, 0.4) is 0 Å². The zero-order valence-electron chi connectivity index (χ0n) is 11.6. The summed E-state index contributed by atoms with van der Waals surface area (Å²) in [4.78, 5) is 0.252. The van der Waals surface area contributed by atoms with Crippen molar-refractivity contribution in [2.24, 2.45) is 0 Å². The average molecular weight is 462 g/mol. The first-order chi connectivity index (χ1) is 9.75. The predicted octanol–water partition coefficient (Wildman–Crippen LogP) is 3.54. The van der Waals surface area contributed by atoms with Crippen LogP contribution in [0.1, 0.15) is 12.5 Å². The van der Waals surface area contributed by atoms with E-state index in [1.165, 1.54) is 4.31 Å². The minimum absolute atomic E-state index is 0.176. The molecule has 0 spiro atoms. The van der Waals surface area contributed by atoms with E-state index in [9.17, 15) is 8.42 Å². The molecule has 4 nitrogen and oxygen atoms in total. The van der Waals surface area contributed by atoms with E-state index in [2.05, 4.69) is 31.9 Å². The molecule has 2 atom stereocenters.